The molecule has 0 bridgehead atoms. The first-order valence-corrected chi connectivity index (χ1v) is 7.42. The van der Waals surface area contributed by atoms with E-state index in [-0.39, 0.29) is 5.84 Å². The smallest absolute Gasteiger partial charge is 0.170 e. The first-order chi connectivity index (χ1) is 10.2. The van der Waals surface area contributed by atoms with Gasteiger partial charge in [0.15, 0.2) is 5.84 Å². The van der Waals surface area contributed by atoms with Gasteiger partial charge in [-0.3, -0.25) is 0 Å². The van der Waals surface area contributed by atoms with Crippen LogP contribution in [0.3, 0.4) is 0 Å². The average molecular weight is 292 g/mol. The van der Waals surface area contributed by atoms with Gasteiger partial charge in [0, 0.05) is 11.1 Å². The molecule has 1 aromatic rings. The van der Waals surface area contributed by atoms with Gasteiger partial charge in [0.2, 0.25) is 0 Å². The Kier molecular flexibility index (Phi) is 5.44. The first kappa shape index (κ1) is 15.6. The molecule has 5 nitrogen and oxygen atoms in total. The van der Waals surface area contributed by atoms with E-state index in [9.17, 15) is 0 Å². The third kappa shape index (κ3) is 3.88. The number of hydrogen-bond donors (Lipinski definition) is 2. The second kappa shape index (κ2) is 7.31. The molecule has 2 unspecified atom stereocenters. The van der Waals surface area contributed by atoms with Gasteiger partial charge < -0.3 is 20.4 Å². The summed E-state index contributed by atoms with van der Waals surface area (Å²) in [6.45, 7) is 2.72. The van der Waals surface area contributed by atoms with Crippen LogP contribution in [-0.4, -0.2) is 24.3 Å². The Hall–Kier alpha value is -1.75. The summed E-state index contributed by atoms with van der Waals surface area (Å²) in [6, 6.07) is 5.43. The molecule has 2 atom stereocenters. The molecule has 1 fully saturated rings. The van der Waals surface area contributed by atoms with Crippen LogP contribution in [0.5, 0.6) is 5.75 Å². The van der Waals surface area contributed by atoms with Crippen molar-refractivity contribution in [2.45, 2.75) is 45.3 Å². The van der Waals surface area contributed by atoms with Crippen molar-refractivity contribution in [3.05, 3.63) is 29.3 Å². The topological polar surface area (TPSA) is 77.1 Å². The van der Waals surface area contributed by atoms with Gasteiger partial charge in [-0.15, -0.1) is 0 Å². The summed E-state index contributed by atoms with van der Waals surface area (Å²) < 4.78 is 11.4. The molecule has 1 aliphatic rings. The second-order valence-corrected chi connectivity index (χ2v) is 5.62. The average Bonchev–Trinajstić information content (AvgIpc) is 2.53. The quantitative estimate of drug-likeness (QED) is 0.378. The number of benzene rings is 1. The molecule has 116 valence electrons. The number of methoxy groups -OCH3 is 1. The van der Waals surface area contributed by atoms with Crippen molar-refractivity contribution in [2.75, 3.05) is 7.11 Å². The third-order valence-corrected chi connectivity index (χ3v) is 4.17. The maximum absolute atomic E-state index is 8.77. The molecule has 2 rings (SSSR count). The van der Waals surface area contributed by atoms with Gasteiger partial charge in [-0.25, -0.2) is 0 Å². The minimum Gasteiger partial charge on any atom is -0.496 e. The molecule has 3 N–H and O–H groups in total. The Labute approximate surface area is 125 Å². The van der Waals surface area contributed by atoms with Gasteiger partial charge in [0.25, 0.3) is 0 Å². The van der Waals surface area contributed by atoms with Crippen molar-refractivity contribution in [3.63, 3.8) is 0 Å². The Balaban J connectivity index is 2.10. The molecule has 0 amide bonds. The van der Waals surface area contributed by atoms with Gasteiger partial charge in [-0.05, 0) is 37.0 Å². The summed E-state index contributed by atoms with van der Waals surface area (Å²) in [6.07, 6.45) is 5.17. The molecule has 1 aliphatic carbocycles. The summed E-state index contributed by atoms with van der Waals surface area (Å²) in [5.74, 6) is 1.44. The minimum atomic E-state index is 0.0879. The van der Waals surface area contributed by atoms with Crippen LogP contribution in [0.25, 0.3) is 0 Å². The SMILES string of the molecule is COc1ccc(/C(N)=N/O)cc1COC1CCCCC1C. The Morgan fingerprint density at radius 2 is 2.14 bits per heavy atom. The lowest BCUT2D eigenvalue weighted by molar-refractivity contribution is -0.0160. The summed E-state index contributed by atoms with van der Waals surface area (Å²) in [4.78, 5) is 0. The van der Waals surface area contributed by atoms with Crippen LogP contribution in [0, 0.1) is 5.92 Å². The largest absolute Gasteiger partial charge is 0.496 e. The highest BCUT2D eigenvalue weighted by molar-refractivity contribution is 5.97. The van der Waals surface area contributed by atoms with Gasteiger partial charge in [-0.2, -0.15) is 0 Å². The van der Waals surface area contributed by atoms with Crippen LogP contribution in [0.1, 0.15) is 43.7 Å². The number of rotatable bonds is 5. The molecule has 5 heteroatoms. The molecule has 0 saturated heterocycles. The normalized spacial score (nSPS) is 23.0. The molecule has 1 aromatic carbocycles. The molecule has 0 aromatic heterocycles. The molecule has 1 saturated carbocycles. The fraction of sp³-hybridized carbons (Fsp3) is 0.562. The fourth-order valence-corrected chi connectivity index (χ4v) is 2.84. The molecular formula is C16H24N2O3. The predicted octanol–water partition coefficient (Wildman–Crippen LogP) is 2.89. The van der Waals surface area contributed by atoms with Crippen LogP contribution in [0.4, 0.5) is 0 Å². The minimum absolute atomic E-state index is 0.0879. The van der Waals surface area contributed by atoms with E-state index in [4.69, 9.17) is 20.4 Å². The van der Waals surface area contributed by atoms with Gasteiger partial charge in [-0.1, -0.05) is 24.9 Å². The molecule has 0 aliphatic heterocycles. The predicted molar refractivity (Wildman–Crippen MR) is 81.7 cm³/mol. The standard InChI is InChI=1S/C16H24N2O3/c1-11-5-3-4-6-14(11)21-10-13-9-12(16(17)18-19)7-8-15(13)20-2/h7-9,11,14,19H,3-6,10H2,1-2H3,(H2,17,18). The number of ether oxygens (including phenoxy) is 2. The Bertz CT molecular complexity index is 502. The number of oxime groups is 1. The van der Waals surface area contributed by atoms with Crippen molar-refractivity contribution < 1.29 is 14.7 Å². The van der Waals surface area contributed by atoms with Crippen LogP contribution in [0.2, 0.25) is 0 Å². The highest BCUT2D eigenvalue weighted by Crippen LogP contribution is 2.28. The monoisotopic (exact) mass is 292 g/mol. The molecular weight excluding hydrogens is 268 g/mol. The molecule has 0 heterocycles. The number of nitrogens with zero attached hydrogens (tertiary/aromatic N) is 1. The summed E-state index contributed by atoms with van der Waals surface area (Å²) in [5.41, 5.74) is 7.21. The fourth-order valence-electron chi connectivity index (χ4n) is 2.84. The van der Waals surface area contributed by atoms with E-state index < -0.39 is 0 Å². The molecule has 21 heavy (non-hydrogen) atoms. The zero-order valence-corrected chi connectivity index (χ0v) is 12.7. The van der Waals surface area contributed by atoms with Crippen LogP contribution in [0.15, 0.2) is 23.4 Å². The van der Waals surface area contributed by atoms with Crippen molar-refractivity contribution in [1.29, 1.82) is 0 Å². The number of hydrogen-bond acceptors (Lipinski definition) is 4. The van der Waals surface area contributed by atoms with E-state index in [2.05, 4.69) is 12.1 Å². The summed E-state index contributed by atoms with van der Waals surface area (Å²) in [5, 5.41) is 11.8. The first-order valence-electron chi connectivity index (χ1n) is 7.42. The Morgan fingerprint density at radius 1 is 1.38 bits per heavy atom. The van der Waals surface area contributed by atoms with E-state index >= 15 is 0 Å². The molecule has 0 spiro atoms. The lowest BCUT2D eigenvalue weighted by atomic mass is 9.88. The zero-order valence-electron chi connectivity index (χ0n) is 12.7. The summed E-state index contributed by atoms with van der Waals surface area (Å²) in [7, 11) is 1.63. The van der Waals surface area contributed by atoms with E-state index in [0.717, 1.165) is 17.7 Å². The van der Waals surface area contributed by atoms with Crippen molar-refractivity contribution >= 4 is 5.84 Å². The zero-order chi connectivity index (χ0) is 15.2. The lowest BCUT2D eigenvalue weighted by Crippen LogP contribution is -2.25. The number of amidine groups is 1. The Morgan fingerprint density at radius 3 is 2.81 bits per heavy atom. The van der Waals surface area contributed by atoms with Gasteiger partial charge in [0.1, 0.15) is 5.75 Å². The van der Waals surface area contributed by atoms with Crippen LogP contribution >= 0.6 is 0 Å². The third-order valence-electron chi connectivity index (χ3n) is 4.17. The van der Waals surface area contributed by atoms with Crippen molar-refractivity contribution in [1.82, 2.24) is 0 Å². The summed E-state index contributed by atoms with van der Waals surface area (Å²) >= 11 is 0. The lowest BCUT2D eigenvalue weighted by Gasteiger charge is -2.29. The maximum Gasteiger partial charge on any atom is 0.170 e. The highest BCUT2D eigenvalue weighted by atomic mass is 16.5. The van der Waals surface area contributed by atoms with E-state index in [1.54, 1.807) is 13.2 Å². The molecule has 0 radical (unpaired) electrons. The van der Waals surface area contributed by atoms with Gasteiger partial charge in [0.05, 0.1) is 19.8 Å². The highest BCUT2D eigenvalue weighted by Gasteiger charge is 2.22. The van der Waals surface area contributed by atoms with E-state index in [1.807, 2.05) is 12.1 Å². The van der Waals surface area contributed by atoms with Gasteiger partial charge >= 0.3 is 0 Å². The maximum atomic E-state index is 8.77. The second-order valence-electron chi connectivity index (χ2n) is 5.62. The van der Waals surface area contributed by atoms with Crippen molar-refractivity contribution in [2.24, 2.45) is 16.8 Å². The van der Waals surface area contributed by atoms with Crippen molar-refractivity contribution in [3.8, 4) is 5.75 Å². The number of nitrogens with two attached hydrogens (primary N) is 1. The van der Waals surface area contributed by atoms with Crippen LogP contribution < -0.4 is 10.5 Å². The van der Waals surface area contributed by atoms with E-state index in [1.165, 1.54) is 19.3 Å². The van der Waals surface area contributed by atoms with E-state index in [0.29, 0.717) is 24.2 Å². The van der Waals surface area contributed by atoms with Crippen LogP contribution in [-0.2, 0) is 11.3 Å².